The number of hydrogen-bond donors (Lipinski definition) is 1. The van der Waals surface area contributed by atoms with Crippen molar-refractivity contribution in [1.82, 2.24) is 0 Å². The van der Waals surface area contributed by atoms with Gasteiger partial charge in [0.25, 0.3) is 10.0 Å². The first-order valence-corrected chi connectivity index (χ1v) is 13.4. The van der Waals surface area contributed by atoms with E-state index in [1.165, 1.54) is 19.2 Å². The fraction of sp³-hybridized carbons (Fsp3) is 0.286. The van der Waals surface area contributed by atoms with Gasteiger partial charge in [0.2, 0.25) is 5.91 Å². The first-order chi connectivity index (χ1) is 17.6. The molecule has 0 saturated carbocycles. The Morgan fingerprint density at radius 2 is 1.57 bits per heavy atom. The van der Waals surface area contributed by atoms with Crippen molar-refractivity contribution in [3.8, 4) is 5.75 Å². The molecule has 0 aliphatic carbocycles. The first kappa shape index (κ1) is 27.7. The minimum Gasteiger partial charge on any atom is -0.495 e. The number of benzene rings is 3. The summed E-state index contributed by atoms with van der Waals surface area (Å²) in [6.45, 7) is 5.56. The van der Waals surface area contributed by atoms with Gasteiger partial charge in [-0.3, -0.25) is 9.10 Å². The highest BCUT2D eigenvalue weighted by molar-refractivity contribution is 7.92. The summed E-state index contributed by atoms with van der Waals surface area (Å²) in [5, 5.41) is 2.71. The van der Waals surface area contributed by atoms with Gasteiger partial charge in [-0.1, -0.05) is 37.1 Å². The molecule has 0 saturated heterocycles. The normalized spacial score (nSPS) is 11.0. The van der Waals surface area contributed by atoms with Crippen molar-refractivity contribution in [1.29, 1.82) is 0 Å². The Bertz CT molecular complexity index is 1340. The minimum atomic E-state index is -4.11. The Morgan fingerprint density at radius 1 is 0.919 bits per heavy atom. The molecular formula is C28H32N2O6S. The van der Waals surface area contributed by atoms with Crippen LogP contribution in [0.4, 0.5) is 11.4 Å². The molecule has 0 bridgehead atoms. The number of unbranched alkanes of at least 4 members (excludes halogenated alkanes) is 1. The molecule has 37 heavy (non-hydrogen) atoms. The molecule has 3 rings (SSSR count). The highest BCUT2D eigenvalue weighted by Gasteiger charge is 2.29. The van der Waals surface area contributed by atoms with E-state index in [0.29, 0.717) is 23.6 Å². The maximum Gasteiger partial charge on any atom is 0.338 e. The molecule has 1 N–H and O–H groups in total. The smallest absolute Gasteiger partial charge is 0.338 e. The Hall–Kier alpha value is -3.85. The Balaban J connectivity index is 1.86. The van der Waals surface area contributed by atoms with E-state index >= 15 is 0 Å². The van der Waals surface area contributed by atoms with Crippen LogP contribution in [0.5, 0.6) is 5.75 Å². The largest absolute Gasteiger partial charge is 0.495 e. The summed E-state index contributed by atoms with van der Waals surface area (Å²) in [5.74, 6) is -0.675. The van der Waals surface area contributed by atoms with Crippen LogP contribution in [-0.4, -0.2) is 40.6 Å². The van der Waals surface area contributed by atoms with E-state index in [1.807, 2.05) is 20.8 Å². The fourth-order valence-electron chi connectivity index (χ4n) is 3.55. The lowest BCUT2D eigenvalue weighted by Gasteiger charge is -2.26. The van der Waals surface area contributed by atoms with Crippen LogP contribution < -0.4 is 14.4 Å². The van der Waals surface area contributed by atoms with Gasteiger partial charge in [0.05, 0.1) is 29.9 Å². The predicted molar refractivity (Wildman–Crippen MR) is 144 cm³/mol. The van der Waals surface area contributed by atoms with Crippen LogP contribution in [-0.2, 0) is 19.6 Å². The summed E-state index contributed by atoms with van der Waals surface area (Å²) < 4.78 is 39.0. The third-order valence-electron chi connectivity index (χ3n) is 5.63. The maximum absolute atomic E-state index is 13.7. The number of carbonyl (C=O) groups excluding carboxylic acids is 2. The molecular weight excluding hydrogens is 492 g/mol. The lowest BCUT2D eigenvalue weighted by molar-refractivity contribution is -0.114. The Kier molecular flexibility index (Phi) is 9.30. The van der Waals surface area contributed by atoms with Gasteiger partial charge in [-0.2, -0.15) is 0 Å². The number of amides is 1. The van der Waals surface area contributed by atoms with Crippen molar-refractivity contribution >= 4 is 33.3 Å². The van der Waals surface area contributed by atoms with Crippen LogP contribution in [0.2, 0.25) is 0 Å². The number of methoxy groups -OCH3 is 1. The van der Waals surface area contributed by atoms with Gasteiger partial charge >= 0.3 is 5.97 Å². The number of hydrogen-bond acceptors (Lipinski definition) is 6. The molecule has 0 radical (unpaired) electrons. The monoisotopic (exact) mass is 524 g/mol. The van der Waals surface area contributed by atoms with Crippen LogP contribution in [0.25, 0.3) is 0 Å². The van der Waals surface area contributed by atoms with Crippen LogP contribution in [0, 0.1) is 13.8 Å². The van der Waals surface area contributed by atoms with Crippen molar-refractivity contribution in [2.45, 2.75) is 38.5 Å². The number of carbonyl (C=O) groups is 2. The summed E-state index contributed by atoms with van der Waals surface area (Å²) >= 11 is 0. The number of esters is 1. The molecule has 0 aromatic heterocycles. The van der Waals surface area contributed by atoms with E-state index in [9.17, 15) is 18.0 Å². The number of nitrogens with zero attached hydrogens (tertiary/aromatic N) is 1. The number of aryl methyl sites for hydroxylation is 2. The van der Waals surface area contributed by atoms with Gasteiger partial charge in [-0.05, 0) is 74.4 Å². The molecule has 9 heteroatoms. The highest BCUT2D eigenvalue weighted by atomic mass is 32.2. The molecule has 3 aromatic rings. The molecule has 0 aliphatic heterocycles. The molecule has 3 aromatic carbocycles. The summed E-state index contributed by atoms with van der Waals surface area (Å²) in [5.41, 5.74) is 2.75. The van der Waals surface area contributed by atoms with E-state index < -0.39 is 28.4 Å². The topological polar surface area (TPSA) is 102 Å². The van der Waals surface area contributed by atoms with Crippen molar-refractivity contribution in [2.24, 2.45) is 0 Å². The summed E-state index contributed by atoms with van der Waals surface area (Å²) in [6.07, 6.45) is 1.71. The molecule has 8 nitrogen and oxygen atoms in total. The Morgan fingerprint density at radius 3 is 2.19 bits per heavy atom. The van der Waals surface area contributed by atoms with Gasteiger partial charge in [0.1, 0.15) is 12.3 Å². The maximum atomic E-state index is 13.7. The lowest BCUT2D eigenvalue weighted by Crippen LogP contribution is -2.38. The van der Waals surface area contributed by atoms with E-state index in [-0.39, 0.29) is 10.6 Å². The van der Waals surface area contributed by atoms with Crippen LogP contribution in [0.3, 0.4) is 0 Å². The van der Waals surface area contributed by atoms with Gasteiger partial charge < -0.3 is 14.8 Å². The molecule has 0 unspecified atom stereocenters. The van der Waals surface area contributed by atoms with Crippen molar-refractivity contribution in [2.75, 3.05) is 29.9 Å². The summed E-state index contributed by atoms with van der Waals surface area (Å²) in [4.78, 5) is 25.2. The zero-order chi connectivity index (χ0) is 27.0. The molecule has 1 amide bonds. The molecule has 0 heterocycles. The van der Waals surface area contributed by atoms with E-state index in [4.69, 9.17) is 9.47 Å². The van der Waals surface area contributed by atoms with E-state index in [0.717, 1.165) is 28.3 Å². The molecule has 196 valence electrons. The molecule has 0 atom stereocenters. The van der Waals surface area contributed by atoms with Crippen LogP contribution in [0.1, 0.15) is 41.3 Å². The zero-order valence-corrected chi connectivity index (χ0v) is 22.3. The quantitative estimate of drug-likeness (QED) is 0.277. The van der Waals surface area contributed by atoms with E-state index in [1.54, 1.807) is 54.6 Å². The SMILES string of the molecule is CCCCOC(=O)c1ccc(NC(=O)CN(c2cc(C)ccc2OC)S(=O)(=O)c2ccc(C)cc2)cc1. The third-order valence-corrected chi connectivity index (χ3v) is 7.41. The first-order valence-electron chi connectivity index (χ1n) is 12.0. The van der Waals surface area contributed by atoms with Gasteiger partial charge in [-0.25, -0.2) is 13.2 Å². The molecule has 0 spiro atoms. The van der Waals surface area contributed by atoms with E-state index in [2.05, 4.69) is 5.32 Å². The standard InChI is InChI=1S/C28H32N2O6S/c1-5-6-17-36-28(32)22-10-12-23(13-11-22)29-27(31)19-30(25-18-21(3)9-16-26(25)35-4)37(33,34)24-14-7-20(2)8-15-24/h7-16,18H,5-6,17,19H2,1-4H3,(H,29,31). The van der Waals surface area contributed by atoms with Crippen LogP contribution >= 0.6 is 0 Å². The third kappa shape index (κ3) is 7.10. The predicted octanol–water partition coefficient (Wildman–Crippen LogP) is 5.10. The van der Waals surface area contributed by atoms with Crippen molar-refractivity contribution < 1.29 is 27.5 Å². The summed E-state index contributed by atoms with van der Waals surface area (Å²) in [7, 11) is -2.66. The molecule has 0 fully saturated rings. The van der Waals surface area contributed by atoms with Gasteiger partial charge in [0.15, 0.2) is 0 Å². The second-order valence-corrected chi connectivity index (χ2v) is 10.5. The number of nitrogens with one attached hydrogen (secondary N) is 1. The summed E-state index contributed by atoms with van der Waals surface area (Å²) in [6, 6.07) is 17.8. The van der Waals surface area contributed by atoms with Crippen LogP contribution in [0.15, 0.2) is 71.6 Å². The number of sulfonamides is 1. The number of ether oxygens (including phenoxy) is 2. The highest BCUT2D eigenvalue weighted by Crippen LogP contribution is 2.33. The van der Waals surface area contributed by atoms with Gasteiger partial charge in [-0.15, -0.1) is 0 Å². The average molecular weight is 525 g/mol. The second kappa shape index (κ2) is 12.4. The second-order valence-electron chi connectivity index (χ2n) is 8.62. The average Bonchev–Trinajstić information content (AvgIpc) is 2.88. The number of anilines is 2. The van der Waals surface area contributed by atoms with Gasteiger partial charge in [0, 0.05) is 5.69 Å². The minimum absolute atomic E-state index is 0.0559. The van der Waals surface area contributed by atoms with Crippen molar-refractivity contribution in [3.05, 3.63) is 83.4 Å². The van der Waals surface area contributed by atoms with Crippen molar-refractivity contribution in [3.63, 3.8) is 0 Å². The Labute approximate surface area is 218 Å². The lowest BCUT2D eigenvalue weighted by atomic mass is 10.2. The number of rotatable bonds is 11. The molecule has 0 aliphatic rings. The fourth-order valence-corrected chi connectivity index (χ4v) is 4.97. The zero-order valence-electron chi connectivity index (χ0n) is 21.5.